The number of nitrogens with one attached hydrogen (secondary N) is 1. The van der Waals surface area contributed by atoms with Crippen LogP contribution in [-0.2, 0) is 9.59 Å². The minimum Gasteiger partial charge on any atom is -0.493 e. The zero-order chi connectivity index (χ0) is 15.7. The number of anilines is 1. The minimum atomic E-state index is -0.146. The third-order valence-corrected chi connectivity index (χ3v) is 2.84. The average molecular weight is 293 g/mol. The summed E-state index contributed by atoms with van der Waals surface area (Å²) in [7, 11) is 1.61. The highest BCUT2D eigenvalue weighted by atomic mass is 16.5. The Bertz CT molecular complexity index is 460. The lowest BCUT2D eigenvalue weighted by Gasteiger charge is -2.17. The normalized spacial score (nSPS) is 10.0. The van der Waals surface area contributed by atoms with Crippen LogP contribution in [0, 0.1) is 0 Å². The Morgan fingerprint density at radius 1 is 1.29 bits per heavy atom. The number of amides is 2. The van der Waals surface area contributed by atoms with Crippen LogP contribution in [0.1, 0.15) is 19.8 Å². The van der Waals surface area contributed by atoms with Gasteiger partial charge in [-0.3, -0.25) is 9.59 Å². The predicted molar refractivity (Wildman–Crippen MR) is 81.9 cm³/mol. The Labute approximate surface area is 125 Å². The molecule has 0 saturated carbocycles. The van der Waals surface area contributed by atoms with Crippen LogP contribution >= 0.6 is 0 Å². The maximum absolute atomic E-state index is 11.8. The lowest BCUT2D eigenvalue weighted by molar-refractivity contribution is -0.135. The van der Waals surface area contributed by atoms with Crippen LogP contribution in [0.25, 0.3) is 0 Å². The molecule has 3 N–H and O–H groups in total. The van der Waals surface area contributed by atoms with Crippen molar-refractivity contribution in [2.45, 2.75) is 19.8 Å². The highest BCUT2D eigenvalue weighted by Crippen LogP contribution is 2.13. The Morgan fingerprint density at radius 2 is 1.95 bits per heavy atom. The number of nitrogens with two attached hydrogens (primary N) is 1. The van der Waals surface area contributed by atoms with Gasteiger partial charge in [0.2, 0.25) is 11.8 Å². The van der Waals surface area contributed by atoms with E-state index in [9.17, 15) is 9.59 Å². The van der Waals surface area contributed by atoms with Gasteiger partial charge in [-0.2, -0.15) is 0 Å². The Balaban J connectivity index is 2.26. The van der Waals surface area contributed by atoms with Crippen LogP contribution in [0.2, 0.25) is 0 Å². The van der Waals surface area contributed by atoms with E-state index in [0.717, 1.165) is 6.42 Å². The third-order valence-electron chi connectivity index (χ3n) is 2.84. The van der Waals surface area contributed by atoms with Gasteiger partial charge in [0.15, 0.2) is 0 Å². The van der Waals surface area contributed by atoms with Gasteiger partial charge < -0.3 is 20.7 Å². The van der Waals surface area contributed by atoms with Gasteiger partial charge in [-0.1, -0.05) is 6.92 Å². The predicted octanol–water partition coefficient (Wildman–Crippen LogP) is 1.02. The van der Waals surface area contributed by atoms with E-state index >= 15 is 0 Å². The molecule has 0 saturated heterocycles. The summed E-state index contributed by atoms with van der Waals surface area (Å²) in [4.78, 5) is 24.7. The Kier molecular flexibility index (Phi) is 7.08. The smallest absolute Gasteiger partial charge is 0.239 e. The molecule has 0 aromatic heterocycles. The van der Waals surface area contributed by atoms with E-state index < -0.39 is 0 Å². The summed E-state index contributed by atoms with van der Waals surface area (Å²) in [6.07, 6.45) is 1.10. The second-order valence-electron chi connectivity index (χ2n) is 4.77. The molecule has 2 amide bonds. The van der Waals surface area contributed by atoms with Crippen molar-refractivity contribution in [3.63, 3.8) is 0 Å². The SMILES string of the molecule is CCCNC(=O)CN(C)C(=O)CCOc1ccc(N)cc1. The van der Waals surface area contributed by atoms with Crippen LogP contribution in [0.15, 0.2) is 24.3 Å². The number of rotatable bonds is 8. The van der Waals surface area contributed by atoms with Crippen LogP contribution in [0.5, 0.6) is 5.75 Å². The number of hydrogen-bond acceptors (Lipinski definition) is 4. The highest BCUT2D eigenvalue weighted by Gasteiger charge is 2.12. The average Bonchev–Trinajstić information content (AvgIpc) is 2.47. The van der Waals surface area contributed by atoms with Crippen LogP contribution in [0.4, 0.5) is 5.69 Å². The summed E-state index contributed by atoms with van der Waals surface area (Å²) in [6, 6.07) is 6.98. The number of nitrogen functional groups attached to an aromatic ring is 1. The third kappa shape index (κ3) is 6.65. The first kappa shape index (κ1) is 16.8. The quantitative estimate of drug-likeness (QED) is 0.701. The van der Waals surface area contributed by atoms with E-state index in [4.69, 9.17) is 10.5 Å². The van der Waals surface area contributed by atoms with Crippen molar-refractivity contribution in [2.24, 2.45) is 0 Å². The second kappa shape index (κ2) is 8.84. The number of carbonyl (C=O) groups is 2. The summed E-state index contributed by atoms with van der Waals surface area (Å²) in [5.74, 6) is 0.393. The molecule has 0 aliphatic heterocycles. The fraction of sp³-hybridized carbons (Fsp3) is 0.467. The molecular formula is C15H23N3O3. The Morgan fingerprint density at radius 3 is 2.57 bits per heavy atom. The van der Waals surface area contributed by atoms with E-state index in [1.54, 1.807) is 31.3 Å². The number of nitrogens with zero attached hydrogens (tertiary/aromatic N) is 1. The van der Waals surface area contributed by atoms with Crippen molar-refractivity contribution in [3.8, 4) is 5.75 Å². The van der Waals surface area contributed by atoms with Gasteiger partial charge in [0, 0.05) is 19.3 Å². The maximum Gasteiger partial charge on any atom is 0.239 e. The Hall–Kier alpha value is -2.24. The van der Waals surface area contributed by atoms with Crippen LogP contribution in [0.3, 0.4) is 0 Å². The van der Waals surface area contributed by atoms with Crippen molar-refractivity contribution in [1.29, 1.82) is 0 Å². The summed E-state index contributed by atoms with van der Waals surface area (Å²) in [5.41, 5.74) is 6.23. The van der Waals surface area contributed by atoms with E-state index in [0.29, 0.717) is 18.0 Å². The molecule has 1 aromatic rings. The number of likely N-dealkylation sites (N-methyl/N-ethyl adjacent to an activating group) is 1. The minimum absolute atomic E-state index is 0.0701. The van der Waals surface area contributed by atoms with Gasteiger partial charge in [0.1, 0.15) is 5.75 Å². The van der Waals surface area contributed by atoms with Crippen molar-refractivity contribution >= 4 is 17.5 Å². The molecule has 21 heavy (non-hydrogen) atoms. The van der Waals surface area contributed by atoms with Crippen LogP contribution < -0.4 is 15.8 Å². The molecule has 0 aliphatic rings. The van der Waals surface area contributed by atoms with Gasteiger partial charge >= 0.3 is 0 Å². The summed E-state index contributed by atoms with van der Waals surface area (Å²) in [6.45, 7) is 2.94. The number of ether oxygens (including phenoxy) is 1. The standard InChI is InChI=1S/C15H23N3O3/c1-3-9-17-14(19)11-18(2)15(20)8-10-21-13-6-4-12(16)5-7-13/h4-7H,3,8-11,16H2,1-2H3,(H,17,19). The molecule has 0 unspecified atom stereocenters. The van der Waals surface area contributed by atoms with E-state index in [1.165, 1.54) is 4.90 Å². The molecule has 6 nitrogen and oxygen atoms in total. The molecule has 1 aromatic carbocycles. The van der Waals surface area contributed by atoms with Gasteiger partial charge in [-0.15, -0.1) is 0 Å². The molecule has 0 bridgehead atoms. The first-order valence-electron chi connectivity index (χ1n) is 7.02. The molecule has 116 valence electrons. The molecular weight excluding hydrogens is 270 g/mol. The molecule has 0 fully saturated rings. The van der Waals surface area contributed by atoms with Gasteiger partial charge in [0.05, 0.1) is 19.6 Å². The lowest BCUT2D eigenvalue weighted by Crippen LogP contribution is -2.38. The summed E-state index contributed by atoms with van der Waals surface area (Å²) < 4.78 is 5.45. The maximum atomic E-state index is 11.8. The number of carbonyl (C=O) groups excluding carboxylic acids is 2. The molecule has 0 heterocycles. The van der Waals surface area contributed by atoms with Crippen molar-refractivity contribution in [3.05, 3.63) is 24.3 Å². The first-order valence-corrected chi connectivity index (χ1v) is 7.02. The van der Waals surface area contributed by atoms with Crippen molar-refractivity contribution < 1.29 is 14.3 Å². The fourth-order valence-electron chi connectivity index (χ4n) is 1.64. The molecule has 6 heteroatoms. The zero-order valence-electron chi connectivity index (χ0n) is 12.6. The van der Waals surface area contributed by atoms with Gasteiger partial charge in [-0.05, 0) is 30.7 Å². The topological polar surface area (TPSA) is 84.7 Å². The highest BCUT2D eigenvalue weighted by molar-refractivity contribution is 5.84. The fourth-order valence-corrected chi connectivity index (χ4v) is 1.64. The van der Waals surface area contributed by atoms with E-state index in [-0.39, 0.29) is 31.4 Å². The van der Waals surface area contributed by atoms with E-state index in [1.807, 2.05) is 6.92 Å². The second-order valence-corrected chi connectivity index (χ2v) is 4.77. The largest absolute Gasteiger partial charge is 0.493 e. The van der Waals surface area contributed by atoms with Gasteiger partial charge in [-0.25, -0.2) is 0 Å². The summed E-state index contributed by atoms with van der Waals surface area (Å²) in [5, 5.41) is 2.73. The van der Waals surface area contributed by atoms with Crippen LogP contribution in [-0.4, -0.2) is 43.5 Å². The molecule has 0 spiro atoms. The zero-order valence-corrected chi connectivity index (χ0v) is 12.6. The van der Waals surface area contributed by atoms with E-state index in [2.05, 4.69) is 5.32 Å². The number of hydrogen-bond donors (Lipinski definition) is 2. The monoisotopic (exact) mass is 293 g/mol. The molecule has 1 rings (SSSR count). The molecule has 0 aliphatic carbocycles. The summed E-state index contributed by atoms with van der Waals surface area (Å²) >= 11 is 0. The molecule has 0 atom stereocenters. The van der Waals surface area contributed by atoms with Crippen molar-refractivity contribution in [2.75, 3.05) is 32.5 Å². The molecule has 0 radical (unpaired) electrons. The van der Waals surface area contributed by atoms with Crippen molar-refractivity contribution in [1.82, 2.24) is 10.2 Å². The number of benzene rings is 1. The lowest BCUT2D eigenvalue weighted by atomic mass is 10.3. The van der Waals surface area contributed by atoms with Gasteiger partial charge in [0.25, 0.3) is 0 Å². The first-order chi connectivity index (χ1) is 10.0.